The zero-order valence-electron chi connectivity index (χ0n) is 43.8. The van der Waals surface area contributed by atoms with Gasteiger partial charge in [-0.05, 0) is 125 Å². The number of carbonyl (C=O) groups excluding carboxylic acids is 1. The molecule has 3 atom stereocenters. The summed E-state index contributed by atoms with van der Waals surface area (Å²) in [6, 6.07) is 20.9. The third kappa shape index (κ3) is 12.8. The summed E-state index contributed by atoms with van der Waals surface area (Å²) in [4.78, 5) is 39.4. The first-order valence-corrected chi connectivity index (χ1v) is 26.6. The van der Waals surface area contributed by atoms with E-state index in [4.69, 9.17) is 76.0 Å². The first-order chi connectivity index (χ1) is 36.5. The summed E-state index contributed by atoms with van der Waals surface area (Å²) in [5, 5.41) is 1.12. The van der Waals surface area contributed by atoms with E-state index < -0.39 is 23.8 Å². The third-order valence-corrected chi connectivity index (χ3v) is 15.1. The van der Waals surface area contributed by atoms with E-state index in [0.717, 1.165) is 36.6 Å². The number of piperazine rings is 1. The zero-order valence-corrected chi connectivity index (χ0v) is 46.1. The fraction of sp³-hybridized carbons (Fsp3) is 0.386. The molecule has 0 spiro atoms. The Bertz CT molecular complexity index is 3140. The molecule has 3 aromatic heterocycles. The van der Waals surface area contributed by atoms with Gasteiger partial charge in [0.25, 0.3) is 0 Å². The molecule has 0 saturated carbocycles. The van der Waals surface area contributed by atoms with Crippen LogP contribution in [0.2, 0.25) is 10.0 Å². The molecular formula is C57H61Cl2FN6O9S. The fourth-order valence-electron chi connectivity index (χ4n) is 9.10. The molecule has 7 aromatic rings. The second kappa shape index (κ2) is 24.0. The summed E-state index contributed by atoms with van der Waals surface area (Å²) < 4.78 is 64.2. The zero-order chi connectivity index (χ0) is 53.7. The summed E-state index contributed by atoms with van der Waals surface area (Å²) in [5.74, 6) is 1.50. The van der Waals surface area contributed by atoms with Crippen molar-refractivity contribution in [1.29, 1.82) is 0 Å². The van der Waals surface area contributed by atoms with Crippen LogP contribution in [-0.2, 0) is 32.0 Å². The number of thiophene rings is 1. The summed E-state index contributed by atoms with van der Waals surface area (Å²) in [7, 11) is 5.35. The van der Waals surface area contributed by atoms with Crippen molar-refractivity contribution in [3.8, 4) is 61.8 Å². The van der Waals surface area contributed by atoms with Gasteiger partial charge in [0.05, 0.1) is 27.7 Å². The van der Waals surface area contributed by atoms with Crippen LogP contribution in [0.15, 0.2) is 85.3 Å². The second-order valence-corrected chi connectivity index (χ2v) is 21.6. The highest BCUT2D eigenvalue weighted by atomic mass is 35.5. The molecule has 0 N–H and O–H groups in total. The number of esters is 1. The highest BCUT2D eigenvalue weighted by Crippen LogP contribution is 2.53. The fourth-order valence-corrected chi connectivity index (χ4v) is 10.8. The SMILES string of the molecule is COC[C@@H](COc1ccc(-c2nccc(COc3ccc4cc3C[C@H](C(=O)OC(C)(C)C)Oc3ncnc5sc(-c6ccc(F)cc6)c(c35)-c3c(C)c(Cl)c(c(Cl)c3C)O[C@H](CN3CCN(C)CC3)CO4)n2)cc1)OC. The lowest BCUT2D eigenvalue weighted by Crippen LogP contribution is -2.49. The number of halogens is 3. The molecule has 400 valence electrons. The van der Waals surface area contributed by atoms with E-state index in [0.29, 0.717) is 108 Å². The average Bonchev–Trinajstić information content (AvgIpc) is 3.89. The van der Waals surface area contributed by atoms with Crippen LogP contribution in [0.1, 0.15) is 43.2 Å². The molecular weight excluding hydrogens is 1030 g/mol. The van der Waals surface area contributed by atoms with E-state index in [-0.39, 0.29) is 37.4 Å². The lowest BCUT2D eigenvalue weighted by atomic mass is 9.92. The van der Waals surface area contributed by atoms with Gasteiger partial charge in [0.2, 0.25) is 12.0 Å². The largest absolute Gasteiger partial charge is 0.491 e. The molecule has 0 unspecified atom stereocenters. The predicted octanol–water partition coefficient (Wildman–Crippen LogP) is 10.9. The molecule has 0 radical (unpaired) electrons. The minimum Gasteiger partial charge on any atom is -0.491 e. The molecule has 1 saturated heterocycles. The number of aromatic nitrogens is 4. The minimum absolute atomic E-state index is 0.0392. The van der Waals surface area contributed by atoms with Gasteiger partial charge in [-0.15, -0.1) is 11.3 Å². The number of hydrogen-bond acceptors (Lipinski definition) is 16. The predicted molar refractivity (Wildman–Crippen MR) is 292 cm³/mol. The van der Waals surface area contributed by atoms with E-state index in [1.807, 2.05) is 50.2 Å². The standard InChI is InChI=1S/C57H61Cl2FN6O9S/c1-33-46-34(2)50(59)51(49(33)58)73-42(27-66-23-21-65(6)22-24-66)30-71-41-17-18-44(72-28-39-19-20-61-53(64-39)36-11-15-40(16-12-36)70-31-43(69-8)29-68-7)37(25-41)26-45(56(67)75-57(3,4)5)74-54-48-47(46)52(76-55(48)63-32-62-54)35-9-13-38(60)14-10-35/h9-20,25,32,42-43,45H,21-24,26-31H2,1-8H3/t42-,43+,45-/m1/s1. The lowest BCUT2D eigenvalue weighted by molar-refractivity contribution is -0.163. The number of fused-ring (bicyclic) bond motifs is 7. The van der Waals surface area contributed by atoms with Crippen molar-refractivity contribution in [2.45, 2.75) is 71.6 Å². The normalized spacial score (nSPS) is 16.8. The summed E-state index contributed by atoms with van der Waals surface area (Å²) in [6.07, 6.45) is 1.01. The van der Waals surface area contributed by atoms with Crippen LogP contribution in [0.4, 0.5) is 4.39 Å². The number of nitrogens with zero attached hydrogens (tertiary/aromatic N) is 6. The Balaban J connectivity index is 1.12. The number of rotatable bonds is 14. The van der Waals surface area contributed by atoms with Gasteiger partial charge in [-0.3, -0.25) is 4.90 Å². The van der Waals surface area contributed by atoms with Crippen molar-refractivity contribution in [1.82, 2.24) is 29.7 Å². The van der Waals surface area contributed by atoms with Crippen molar-refractivity contribution in [2.75, 3.05) is 73.8 Å². The van der Waals surface area contributed by atoms with Gasteiger partial charge >= 0.3 is 5.97 Å². The number of hydrogen-bond donors (Lipinski definition) is 0. The van der Waals surface area contributed by atoms with Crippen LogP contribution in [0, 0.1) is 19.7 Å². The molecule has 0 aliphatic carbocycles. The highest BCUT2D eigenvalue weighted by Gasteiger charge is 2.34. The third-order valence-electron chi connectivity index (χ3n) is 13.1. The van der Waals surface area contributed by atoms with Gasteiger partial charge in [0, 0.05) is 81.1 Å². The Morgan fingerprint density at radius 2 is 1.59 bits per heavy atom. The van der Waals surface area contributed by atoms with Gasteiger partial charge in [0.1, 0.15) is 71.9 Å². The molecule has 3 aliphatic heterocycles. The van der Waals surface area contributed by atoms with Crippen LogP contribution in [0.5, 0.6) is 28.9 Å². The molecule has 3 aliphatic rings. The van der Waals surface area contributed by atoms with Gasteiger partial charge in [0.15, 0.2) is 11.6 Å². The molecule has 10 rings (SSSR count). The van der Waals surface area contributed by atoms with Crippen molar-refractivity contribution < 1.29 is 47.1 Å². The molecule has 4 bridgehead atoms. The number of likely N-dealkylation sites (N-methyl/N-ethyl adjacent to an activating group) is 1. The monoisotopic (exact) mass is 1090 g/mol. The van der Waals surface area contributed by atoms with Crippen LogP contribution < -0.4 is 23.7 Å². The number of carbonyl (C=O) groups is 1. The Hall–Kier alpha value is -6.18. The number of benzene rings is 4. The van der Waals surface area contributed by atoms with Crippen LogP contribution in [0.25, 0.3) is 43.2 Å². The van der Waals surface area contributed by atoms with Gasteiger partial charge < -0.3 is 42.8 Å². The van der Waals surface area contributed by atoms with Crippen LogP contribution in [0.3, 0.4) is 0 Å². The van der Waals surface area contributed by atoms with E-state index in [9.17, 15) is 9.18 Å². The van der Waals surface area contributed by atoms with Crippen molar-refractivity contribution in [2.24, 2.45) is 0 Å². The highest BCUT2D eigenvalue weighted by molar-refractivity contribution is 7.22. The number of ether oxygens (including phenoxy) is 8. The van der Waals surface area contributed by atoms with Crippen molar-refractivity contribution in [3.63, 3.8) is 0 Å². The van der Waals surface area contributed by atoms with Gasteiger partial charge in [-0.1, -0.05) is 35.3 Å². The maximum Gasteiger partial charge on any atom is 0.348 e. The van der Waals surface area contributed by atoms with E-state index in [1.54, 1.807) is 65.5 Å². The van der Waals surface area contributed by atoms with E-state index in [1.165, 1.54) is 29.8 Å². The molecule has 6 heterocycles. The molecule has 19 heteroatoms. The Morgan fingerprint density at radius 1 is 0.868 bits per heavy atom. The smallest absolute Gasteiger partial charge is 0.348 e. The topological polar surface area (TPSA) is 149 Å². The van der Waals surface area contributed by atoms with Crippen molar-refractivity contribution in [3.05, 3.63) is 124 Å². The maximum absolute atomic E-state index is 14.6. The van der Waals surface area contributed by atoms with Crippen molar-refractivity contribution >= 4 is 50.7 Å². The number of methoxy groups -OCH3 is 2. The Kier molecular flexibility index (Phi) is 17.3. The lowest BCUT2D eigenvalue weighted by Gasteiger charge is -2.35. The molecule has 0 amide bonds. The molecule has 76 heavy (non-hydrogen) atoms. The van der Waals surface area contributed by atoms with Crippen LogP contribution >= 0.6 is 34.5 Å². The average molecular weight is 1100 g/mol. The van der Waals surface area contributed by atoms with Gasteiger partial charge in [-0.25, -0.2) is 29.1 Å². The van der Waals surface area contributed by atoms with Crippen LogP contribution in [-0.4, -0.2) is 133 Å². The first-order valence-electron chi connectivity index (χ1n) is 25.0. The Morgan fingerprint density at radius 3 is 2.29 bits per heavy atom. The molecule has 4 aromatic carbocycles. The minimum atomic E-state index is -1.28. The Labute approximate surface area is 456 Å². The second-order valence-electron chi connectivity index (χ2n) is 19.8. The quantitative estimate of drug-likeness (QED) is 0.0950. The van der Waals surface area contributed by atoms with Gasteiger partial charge in [-0.2, -0.15) is 0 Å². The summed E-state index contributed by atoms with van der Waals surface area (Å²) in [6.45, 7) is 14.1. The summed E-state index contributed by atoms with van der Waals surface area (Å²) >= 11 is 16.2. The maximum atomic E-state index is 14.6. The van der Waals surface area contributed by atoms with E-state index in [2.05, 4.69) is 21.8 Å². The molecule has 1 fully saturated rings. The molecule has 15 nitrogen and oxygen atoms in total. The first kappa shape index (κ1) is 54.6. The summed E-state index contributed by atoms with van der Waals surface area (Å²) in [5.41, 5.74) is 4.47. The van der Waals surface area contributed by atoms with E-state index >= 15 is 0 Å².